The quantitative estimate of drug-likeness (QED) is 0.662. The van der Waals surface area contributed by atoms with E-state index in [9.17, 15) is 31.2 Å². The third kappa shape index (κ3) is 5.93. The first-order valence-electron chi connectivity index (χ1n) is 7.57. The van der Waals surface area contributed by atoms with Crippen LogP contribution < -0.4 is 5.32 Å². The first-order chi connectivity index (χ1) is 11.0. The van der Waals surface area contributed by atoms with Gasteiger partial charge in [-0.1, -0.05) is 13.3 Å². The maximum absolute atomic E-state index is 12.4. The Morgan fingerprint density at radius 1 is 1.38 bits per heavy atom. The van der Waals surface area contributed by atoms with Crippen molar-refractivity contribution < 1.29 is 36.3 Å². The summed E-state index contributed by atoms with van der Waals surface area (Å²) < 4.78 is 62.5. The van der Waals surface area contributed by atoms with Gasteiger partial charge in [-0.15, -0.1) is 0 Å². The lowest BCUT2D eigenvalue weighted by Crippen LogP contribution is -2.52. The summed E-state index contributed by atoms with van der Waals surface area (Å²) in [5.41, 5.74) is 0. The molecule has 2 N–H and O–H groups in total. The van der Waals surface area contributed by atoms with E-state index < -0.39 is 46.6 Å². The maximum Gasteiger partial charge on any atom is 0.391 e. The molecule has 1 saturated heterocycles. The molecule has 2 unspecified atom stereocenters. The number of halogens is 3. The lowest BCUT2D eigenvalue weighted by atomic mass is 10.1. The topological polar surface area (TPSA) is 104 Å². The molecule has 0 radical (unpaired) electrons. The summed E-state index contributed by atoms with van der Waals surface area (Å²) in [7, 11) is -3.70. The Labute approximate surface area is 138 Å². The summed E-state index contributed by atoms with van der Waals surface area (Å²) in [6.45, 7) is 1.90. The monoisotopic (exact) mass is 374 g/mol. The summed E-state index contributed by atoms with van der Waals surface area (Å²) in [4.78, 5) is 23.0. The van der Waals surface area contributed by atoms with Crippen molar-refractivity contribution in [3.05, 3.63) is 0 Å². The summed E-state index contributed by atoms with van der Waals surface area (Å²) in [5.74, 6) is -2.98. The summed E-state index contributed by atoms with van der Waals surface area (Å²) >= 11 is 0. The van der Waals surface area contributed by atoms with Crippen LogP contribution in [-0.2, 0) is 19.6 Å². The highest BCUT2D eigenvalue weighted by Gasteiger charge is 2.41. The minimum absolute atomic E-state index is 0.0984. The first-order valence-corrected chi connectivity index (χ1v) is 9.18. The van der Waals surface area contributed by atoms with Crippen LogP contribution in [0.15, 0.2) is 0 Å². The maximum atomic E-state index is 12.4. The van der Waals surface area contributed by atoms with Crippen molar-refractivity contribution in [2.24, 2.45) is 0 Å². The predicted octanol–water partition coefficient (Wildman–Crippen LogP) is 1.10. The number of nitrogens with one attached hydrogen (secondary N) is 1. The number of carboxylic acid groups (broad SMARTS) is 1. The molecule has 0 aliphatic carbocycles. The number of alkyl halides is 3. The van der Waals surface area contributed by atoms with Gasteiger partial charge in [0.25, 0.3) is 0 Å². The van der Waals surface area contributed by atoms with Crippen molar-refractivity contribution >= 4 is 21.9 Å². The molecule has 1 aliphatic rings. The summed E-state index contributed by atoms with van der Waals surface area (Å²) in [5, 5.41) is 10.6. The molecule has 2 atom stereocenters. The van der Waals surface area contributed by atoms with Gasteiger partial charge in [-0.05, 0) is 19.3 Å². The second kappa shape index (κ2) is 8.15. The van der Waals surface area contributed by atoms with Gasteiger partial charge >= 0.3 is 12.1 Å². The van der Waals surface area contributed by atoms with Gasteiger partial charge < -0.3 is 10.4 Å². The van der Waals surface area contributed by atoms with E-state index in [-0.39, 0.29) is 18.7 Å². The highest BCUT2D eigenvalue weighted by Crippen LogP contribution is 2.24. The second-order valence-electron chi connectivity index (χ2n) is 5.66. The van der Waals surface area contributed by atoms with Gasteiger partial charge in [0, 0.05) is 6.54 Å². The van der Waals surface area contributed by atoms with Gasteiger partial charge in [0.05, 0.1) is 12.2 Å². The lowest BCUT2D eigenvalue weighted by Gasteiger charge is -2.25. The number of nitrogens with zero attached hydrogens (tertiary/aromatic N) is 1. The van der Waals surface area contributed by atoms with Crippen molar-refractivity contribution in [2.75, 3.05) is 12.3 Å². The van der Waals surface area contributed by atoms with Crippen LogP contribution in [0.1, 0.15) is 39.0 Å². The van der Waals surface area contributed by atoms with Crippen LogP contribution in [0.2, 0.25) is 0 Å². The van der Waals surface area contributed by atoms with E-state index in [0.717, 1.165) is 4.31 Å². The van der Waals surface area contributed by atoms with Gasteiger partial charge in [-0.25, -0.2) is 13.2 Å². The Balaban J connectivity index is 2.83. The molecule has 7 nitrogen and oxygen atoms in total. The van der Waals surface area contributed by atoms with Crippen LogP contribution in [-0.4, -0.2) is 60.3 Å². The van der Waals surface area contributed by atoms with E-state index in [0.29, 0.717) is 19.3 Å². The Morgan fingerprint density at radius 3 is 2.50 bits per heavy atom. The number of rotatable bonds is 8. The molecule has 1 amide bonds. The number of sulfonamides is 1. The van der Waals surface area contributed by atoms with Gasteiger partial charge in [0.2, 0.25) is 15.9 Å². The van der Waals surface area contributed by atoms with Crippen molar-refractivity contribution in [1.82, 2.24) is 9.62 Å². The Kier molecular flexibility index (Phi) is 7.02. The Bertz CT molecular complexity index is 564. The van der Waals surface area contributed by atoms with Crippen molar-refractivity contribution in [1.29, 1.82) is 0 Å². The summed E-state index contributed by atoms with van der Waals surface area (Å²) in [6.07, 6.45) is -4.91. The van der Waals surface area contributed by atoms with E-state index in [2.05, 4.69) is 0 Å². The largest absolute Gasteiger partial charge is 0.480 e. The van der Waals surface area contributed by atoms with E-state index in [1.54, 1.807) is 6.92 Å². The molecule has 0 bridgehead atoms. The molecule has 1 fully saturated rings. The molecule has 140 valence electrons. The first kappa shape index (κ1) is 20.7. The zero-order valence-corrected chi connectivity index (χ0v) is 14.0. The normalized spacial score (nSPS) is 20.8. The third-order valence-electron chi connectivity index (χ3n) is 3.67. The SMILES string of the molecule is CCCCS(=O)(=O)N1CCCC1C(=O)NC(CC(F)(F)F)C(=O)O. The Hall–Kier alpha value is -1.36. The van der Waals surface area contributed by atoms with E-state index in [1.807, 2.05) is 5.32 Å². The number of hydrogen-bond donors (Lipinski definition) is 2. The zero-order chi connectivity index (χ0) is 18.5. The second-order valence-corrected chi connectivity index (χ2v) is 7.70. The molecule has 0 spiro atoms. The van der Waals surface area contributed by atoms with Crippen molar-refractivity contribution in [2.45, 2.75) is 57.3 Å². The van der Waals surface area contributed by atoms with Crippen LogP contribution in [0.3, 0.4) is 0 Å². The number of unbranched alkanes of at least 4 members (excludes halogenated alkanes) is 1. The van der Waals surface area contributed by atoms with Crippen molar-refractivity contribution in [3.63, 3.8) is 0 Å². The van der Waals surface area contributed by atoms with E-state index in [4.69, 9.17) is 5.11 Å². The number of amides is 1. The predicted molar refractivity (Wildman–Crippen MR) is 78.7 cm³/mol. The molecule has 1 rings (SSSR count). The highest BCUT2D eigenvalue weighted by molar-refractivity contribution is 7.89. The van der Waals surface area contributed by atoms with Crippen LogP contribution >= 0.6 is 0 Å². The molecular formula is C13H21F3N2O5S. The lowest BCUT2D eigenvalue weighted by molar-refractivity contribution is -0.160. The molecular weight excluding hydrogens is 353 g/mol. The number of carbonyl (C=O) groups excluding carboxylic acids is 1. The molecule has 0 saturated carbocycles. The fourth-order valence-electron chi connectivity index (χ4n) is 2.48. The molecule has 1 heterocycles. The van der Waals surface area contributed by atoms with Crippen LogP contribution in [0.5, 0.6) is 0 Å². The number of carboxylic acids is 1. The average Bonchev–Trinajstić information content (AvgIpc) is 2.93. The minimum Gasteiger partial charge on any atom is -0.480 e. The third-order valence-corrected chi connectivity index (χ3v) is 5.63. The van der Waals surface area contributed by atoms with Crippen LogP contribution in [0, 0.1) is 0 Å². The average molecular weight is 374 g/mol. The zero-order valence-electron chi connectivity index (χ0n) is 13.2. The van der Waals surface area contributed by atoms with E-state index >= 15 is 0 Å². The molecule has 11 heteroatoms. The molecule has 0 aromatic carbocycles. The minimum atomic E-state index is -4.76. The fourth-order valence-corrected chi connectivity index (χ4v) is 4.36. The molecule has 1 aliphatic heterocycles. The Morgan fingerprint density at radius 2 is 2.00 bits per heavy atom. The highest BCUT2D eigenvalue weighted by atomic mass is 32.2. The standard InChI is InChI=1S/C13H21F3N2O5S/c1-2-3-7-24(22,23)18-6-4-5-10(18)11(19)17-9(12(20)21)8-13(14,15)16/h9-10H,2-8H2,1H3,(H,17,19)(H,20,21). The number of carbonyl (C=O) groups is 2. The molecule has 0 aromatic heterocycles. The smallest absolute Gasteiger partial charge is 0.391 e. The summed E-state index contributed by atoms with van der Waals surface area (Å²) in [6, 6.07) is -3.31. The van der Waals surface area contributed by atoms with Crippen LogP contribution in [0.4, 0.5) is 13.2 Å². The van der Waals surface area contributed by atoms with Gasteiger partial charge in [0.1, 0.15) is 12.1 Å². The van der Waals surface area contributed by atoms with Crippen LogP contribution in [0.25, 0.3) is 0 Å². The number of aliphatic carboxylic acids is 1. The number of hydrogen-bond acceptors (Lipinski definition) is 4. The molecule has 24 heavy (non-hydrogen) atoms. The van der Waals surface area contributed by atoms with Gasteiger partial charge in [-0.2, -0.15) is 17.5 Å². The van der Waals surface area contributed by atoms with Gasteiger partial charge in [-0.3, -0.25) is 4.79 Å². The van der Waals surface area contributed by atoms with E-state index in [1.165, 1.54) is 0 Å². The van der Waals surface area contributed by atoms with Gasteiger partial charge in [0.15, 0.2) is 0 Å². The fraction of sp³-hybridized carbons (Fsp3) is 0.846. The molecule has 0 aromatic rings. The van der Waals surface area contributed by atoms with Crippen molar-refractivity contribution in [3.8, 4) is 0 Å².